The second-order valence-electron chi connectivity index (χ2n) is 8.11. The molecule has 0 bridgehead atoms. The Kier molecular flexibility index (Phi) is 5.82. The van der Waals surface area contributed by atoms with Crippen molar-refractivity contribution in [3.63, 3.8) is 0 Å². The first kappa shape index (κ1) is 21.0. The van der Waals surface area contributed by atoms with Gasteiger partial charge in [0.25, 0.3) is 0 Å². The van der Waals surface area contributed by atoms with E-state index in [0.29, 0.717) is 13.0 Å². The van der Waals surface area contributed by atoms with Crippen LogP contribution in [-0.4, -0.2) is 12.4 Å². The van der Waals surface area contributed by atoms with Gasteiger partial charge in [-0.05, 0) is 70.5 Å². The molecule has 0 saturated carbocycles. The van der Waals surface area contributed by atoms with Crippen molar-refractivity contribution in [1.82, 2.24) is 0 Å². The molecule has 0 spiro atoms. The van der Waals surface area contributed by atoms with Gasteiger partial charge in [0.05, 0.1) is 21.9 Å². The number of benzene rings is 3. The number of Topliss-reactive ketones (excluding diaryl/α,β-unsaturated/α-hetero) is 1. The van der Waals surface area contributed by atoms with Gasteiger partial charge in [0.15, 0.2) is 5.78 Å². The first-order valence-electron chi connectivity index (χ1n) is 10.7. The molecule has 1 aliphatic carbocycles. The van der Waals surface area contributed by atoms with Gasteiger partial charge >= 0.3 is 0 Å². The van der Waals surface area contributed by atoms with Gasteiger partial charge in [-0.3, -0.25) is 4.79 Å². The average Bonchev–Trinajstić information content (AvgIpc) is 2.78. The molecule has 0 aromatic heterocycles. The minimum atomic E-state index is -0.198. The van der Waals surface area contributed by atoms with Crippen LogP contribution in [0.5, 0.6) is 5.75 Å². The van der Waals surface area contributed by atoms with E-state index in [1.165, 1.54) is 21.9 Å². The smallest absolute Gasteiger partial charge is 0.161 e. The highest BCUT2D eigenvalue weighted by Crippen LogP contribution is 2.49. The topological polar surface area (TPSA) is 38.3 Å². The van der Waals surface area contributed by atoms with E-state index in [9.17, 15) is 4.79 Å². The van der Waals surface area contributed by atoms with Crippen molar-refractivity contribution in [3.8, 4) is 5.75 Å². The molecule has 0 saturated heterocycles. The summed E-state index contributed by atoms with van der Waals surface area (Å²) >= 11 is 6.09. The average molecular weight is 588 g/mol. The van der Waals surface area contributed by atoms with Gasteiger partial charge < -0.3 is 10.1 Å². The van der Waals surface area contributed by atoms with Crippen LogP contribution in [0.15, 0.2) is 58.6 Å². The Hall–Kier alpha value is -1.86. The number of allylic oxidation sites excluding steroid dienone is 1. The number of hydrogen-bond acceptors (Lipinski definition) is 3. The fraction of sp³-hybridized carbons (Fsp3) is 0.269. The Morgan fingerprint density at radius 1 is 1.16 bits per heavy atom. The van der Waals surface area contributed by atoms with Crippen LogP contribution in [0.25, 0.3) is 16.3 Å². The Labute approximate surface area is 204 Å². The van der Waals surface area contributed by atoms with Crippen LogP contribution in [-0.2, 0) is 4.79 Å². The summed E-state index contributed by atoms with van der Waals surface area (Å²) in [4.78, 5) is 13.2. The molecular weight excluding hydrogens is 565 g/mol. The van der Waals surface area contributed by atoms with Gasteiger partial charge in [-0.15, -0.1) is 0 Å². The number of rotatable bonds is 4. The van der Waals surface area contributed by atoms with Crippen molar-refractivity contribution in [3.05, 3.63) is 73.3 Å². The van der Waals surface area contributed by atoms with E-state index < -0.39 is 0 Å². The van der Waals surface area contributed by atoms with Crippen molar-refractivity contribution in [2.75, 3.05) is 11.9 Å². The molecule has 2 aliphatic rings. The summed E-state index contributed by atoms with van der Waals surface area (Å²) in [6.45, 7) is 2.78. The molecule has 0 unspecified atom stereocenters. The zero-order chi connectivity index (χ0) is 21.5. The normalized spacial score (nSPS) is 17.9. The number of fused-ring (bicyclic) bond motifs is 4. The van der Waals surface area contributed by atoms with Crippen molar-refractivity contribution in [2.24, 2.45) is 0 Å². The van der Waals surface area contributed by atoms with E-state index in [4.69, 9.17) is 4.74 Å². The lowest BCUT2D eigenvalue weighted by atomic mass is 9.77. The third-order valence-corrected chi connectivity index (χ3v) is 7.64. The zero-order valence-electron chi connectivity index (χ0n) is 17.3. The third kappa shape index (κ3) is 3.69. The number of ether oxygens (including phenoxy) is 1. The lowest BCUT2D eigenvalue weighted by molar-refractivity contribution is -0.116. The summed E-state index contributed by atoms with van der Waals surface area (Å²) in [5, 5.41) is 6.16. The van der Waals surface area contributed by atoms with E-state index in [-0.39, 0.29) is 11.8 Å². The summed E-state index contributed by atoms with van der Waals surface area (Å²) in [6.07, 6.45) is 3.42. The fourth-order valence-corrected chi connectivity index (χ4v) is 6.32. The molecule has 3 nitrogen and oxygen atoms in total. The van der Waals surface area contributed by atoms with Crippen molar-refractivity contribution < 1.29 is 9.53 Å². The molecule has 1 atom stereocenters. The van der Waals surface area contributed by atoms with Crippen LogP contribution in [0.1, 0.15) is 49.8 Å². The van der Waals surface area contributed by atoms with E-state index in [1.54, 1.807) is 0 Å². The highest BCUT2D eigenvalue weighted by Gasteiger charge is 2.35. The van der Waals surface area contributed by atoms with Crippen LogP contribution < -0.4 is 10.1 Å². The second kappa shape index (κ2) is 8.58. The van der Waals surface area contributed by atoms with Gasteiger partial charge in [-0.25, -0.2) is 0 Å². The summed E-state index contributed by atoms with van der Waals surface area (Å²) < 4.78 is 8.07. The monoisotopic (exact) mass is 587 g/mol. The number of anilines is 1. The SMILES string of the molecule is CCCOc1cc([C@@H]2Nc3c(ccc4ccccc34)C3=C2C(=O)CCC3)c(Br)cc1I. The Morgan fingerprint density at radius 3 is 2.84 bits per heavy atom. The second-order valence-corrected chi connectivity index (χ2v) is 10.1. The summed E-state index contributed by atoms with van der Waals surface area (Å²) in [5.41, 5.74) is 5.45. The largest absolute Gasteiger partial charge is 0.492 e. The Balaban J connectivity index is 1.72. The molecule has 1 N–H and O–H groups in total. The standard InChI is InChI=1S/C26H23BrINO2/c1-2-12-31-23-13-19(20(27)14-21(23)28)26-24-17(8-5-9-22(24)30)18-11-10-15-6-3-4-7-16(15)25(18)29-26/h3-4,6-7,10-11,13-14,26,29H,2,5,8-9,12H2,1H3/t26-/m0/s1. The Bertz CT molecular complexity index is 1230. The van der Waals surface area contributed by atoms with Crippen LogP contribution >= 0.6 is 38.5 Å². The first-order valence-corrected chi connectivity index (χ1v) is 12.6. The minimum absolute atomic E-state index is 0.198. The highest BCUT2D eigenvalue weighted by molar-refractivity contribution is 14.1. The molecule has 5 rings (SSSR count). The molecule has 3 aromatic rings. The van der Waals surface area contributed by atoms with Gasteiger partial charge in [0, 0.05) is 27.4 Å². The minimum Gasteiger partial charge on any atom is -0.492 e. The Morgan fingerprint density at radius 2 is 2.00 bits per heavy atom. The molecule has 1 heterocycles. The van der Waals surface area contributed by atoms with E-state index in [0.717, 1.165) is 49.9 Å². The van der Waals surface area contributed by atoms with Crippen LogP contribution in [0.2, 0.25) is 0 Å². The van der Waals surface area contributed by atoms with Crippen molar-refractivity contribution in [2.45, 2.75) is 38.6 Å². The van der Waals surface area contributed by atoms with Crippen LogP contribution in [0.4, 0.5) is 5.69 Å². The molecule has 0 fully saturated rings. The molecule has 158 valence electrons. The van der Waals surface area contributed by atoms with E-state index >= 15 is 0 Å². The van der Waals surface area contributed by atoms with Crippen molar-refractivity contribution in [1.29, 1.82) is 0 Å². The number of carbonyl (C=O) groups excluding carboxylic acids is 1. The summed E-state index contributed by atoms with van der Waals surface area (Å²) in [5.74, 6) is 1.12. The molecule has 3 aromatic carbocycles. The zero-order valence-corrected chi connectivity index (χ0v) is 21.0. The fourth-order valence-electron chi connectivity index (χ4n) is 4.70. The maximum Gasteiger partial charge on any atom is 0.161 e. The number of halogens is 2. The maximum atomic E-state index is 13.2. The predicted molar refractivity (Wildman–Crippen MR) is 139 cm³/mol. The first-order chi connectivity index (χ1) is 15.1. The molecular formula is C26H23BrINO2. The number of ketones is 1. The third-order valence-electron chi connectivity index (χ3n) is 6.11. The lowest BCUT2D eigenvalue weighted by Crippen LogP contribution is -2.27. The number of carbonyl (C=O) groups is 1. The van der Waals surface area contributed by atoms with E-state index in [2.05, 4.69) is 99.3 Å². The molecule has 0 amide bonds. The quantitative estimate of drug-likeness (QED) is 0.318. The molecule has 0 radical (unpaired) electrons. The predicted octanol–water partition coefficient (Wildman–Crippen LogP) is 7.67. The molecule has 31 heavy (non-hydrogen) atoms. The van der Waals surface area contributed by atoms with Gasteiger partial charge in [0.1, 0.15) is 5.75 Å². The van der Waals surface area contributed by atoms with Gasteiger partial charge in [-0.2, -0.15) is 0 Å². The van der Waals surface area contributed by atoms with Crippen LogP contribution in [0.3, 0.4) is 0 Å². The maximum absolute atomic E-state index is 13.2. The number of nitrogens with one attached hydrogen (secondary N) is 1. The van der Waals surface area contributed by atoms with Gasteiger partial charge in [0.2, 0.25) is 0 Å². The lowest BCUT2D eigenvalue weighted by Gasteiger charge is -2.35. The summed E-state index contributed by atoms with van der Waals surface area (Å²) in [6, 6.07) is 16.8. The summed E-state index contributed by atoms with van der Waals surface area (Å²) in [7, 11) is 0. The molecule has 1 aliphatic heterocycles. The molecule has 5 heteroatoms. The van der Waals surface area contributed by atoms with Gasteiger partial charge in [-0.1, -0.05) is 59.3 Å². The van der Waals surface area contributed by atoms with Crippen molar-refractivity contribution >= 4 is 66.3 Å². The van der Waals surface area contributed by atoms with E-state index in [1.807, 2.05) is 0 Å². The highest BCUT2D eigenvalue weighted by atomic mass is 127. The number of hydrogen-bond donors (Lipinski definition) is 1. The van der Waals surface area contributed by atoms with Crippen LogP contribution in [0, 0.1) is 3.57 Å².